The van der Waals surface area contributed by atoms with Crippen LogP contribution in [0, 0.1) is 0 Å². The number of aromatic amines is 1. The number of aliphatic carboxylic acids is 1. The summed E-state index contributed by atoms with van der Waals surface area (Å²) in [4.78, 5) is 10.6. The number of hydrogen-bond acceptors (Lipinski definition) is 2. The van der Waals surface area contributed by atoms with Gasteiger partial charge in [-0.3, -0.25) is 9.89 Å². The van der Waals surface area contributed by atoms with Crippen LogP contribution in [0.25, 0.3) is 11.1 Å². The van der Waals surface area contributed by atoms with Crippen LogP contribution in [0.4, 0.5) is 0 Å². The van der Waals surface area contributed by atoms with Crippen LogP contribution in [0.15, 0.2) is 30.5 Å². The van der Waals surface area contributed by atoms with Gasteiger partial charge in [-0.05, 0) is 17.7 Å². The molecule has 0 aliphatic heterocycles. The van der Waals surface area contributed by atoms with Crippen molar-refractivity contribution in [1.82, 2.24) is 10.2 Å². The Hall–Kier alpha value is -1.81. The summed E-state index contributed by atoms with van der Waals surface area (Å²) in [5, 5.41) is 15.9. The highest BCUT2D eigenvalue weighted by molar-refractivity contribution is 6.30. The van der Waals surface area contributed by atoms with E-state index in [-0.39, 0.29) is 6.42 Å². The van der Waals surface area contributed by atoms with Gasteiger partial charge in [-0.25, -0.2) is 0 Å². The minimum absolute atomic E-state index is 0.0815. The fourth-order valence-corrected chi connectivity index (χ4v) is 1.69. The van der Waals surface area contributed by atoms with Crippen LogP contribution in [0.3, 0.4) is 0 Å². The third-order valence-electron chi connectivity index (χ3n) is 2.18. The fourth-order valence-electron chi connectivity index (χ4n) is 1.50. The van der Waals surface area contributed by atoms with Crippen LogP contribution in [-0.2, 0) is 11.2 Å². The van der Waals surface area contributed by atoms with Crippen molar-refractivity contribution in [2.45, 2.75) is 6.42 Å². The van der Waals surface area contributed by atoms with Gasteiger partial charge in [0.05, 0.1) is 18.3 Å². The van der Waals surface area contributed by atoms with Gasteiger partial charge in [0, 0.05) is 10.6 Å². The molecule has 0 spiro atoms. The molecule has 0 amide bonds. The molecule has 1 aromatic heterocycles. The number of H-pyrrole nitrogens is 1. The number of hydrogen-bond donors (Lipinski definition) is 2. The molecule has 1 heterocycles. The number of benzene rings is 1. The Kier molecular flexibility index (Phi) is 2.92. The Morgan fingerprint density at radius 3 is 3.00 bits per heavy atom. The van der Waals surface area contributed by atoms with Crippen molar-refractivity contribution in [3.63, 3.8) is 0 Å². The second-order valence-electron chi connectivity index (χ2n) is 3.34. The van der Waals surface area contributed by atoms with E-state index in [2.05, 4.69) is 10.2 Å². The maximum absolute atomic E-state index is 10.6. The molecule has 0 saturated heterocycles. The first-order valence-electron chi connectivity index (χ1n) is 4.67. The van der Waals surface area contributed by atoms with E-state index in [4.69, 9.17) is 16.7 Å². The Labute approximate surface area is 96.9 Å². The van der Waals surface area contributed by atoms with Gasteiger partial charge < -0.3 is 5.11 Å². The third kappa shape index (κ3) is 2.23. The van der Waals surface area contributed by atoms with Gasteiger partial charge in [0.15, 0.2) is 0 Å². The molecule has 2 N–H and O–H groups in total. The molecule has 0 aliphatic rings. The van der Waals surface area contributed by atoms with Crippen LogP contribution in [0.2, 0.25) is 5.02 Å². The smallest absolute Gasteiger partial charge is 0.309 e. The molecule has 2 rings (SSSR count). The highest BCUT2D eigenvalue weighted by Gasteiger charge is 2.10. The normalized spacial score (nSPS) is 10.3. The minimum Gasteiger partial charge on any atom is -0.481 e. The number of carbonyl (C=O) groups is 1. The lowest BCUT2D eigenvalue weighted by molar-refractivity contribution is -0.136. The van der Waals surface area contributed by atoms with E-state index in [1.165, 1.54) is 0 Å². The van der Waals surface area contributed by atoms with Crippen molar-refractivity contribution in [3.05, 3.63) is 41.2 Å². The molecule has 0 fully saturated rings. The predicted molar refractivity (Wildman–Crippen MR) is 60.4 cm³/mol. The van der Waals surface area contributed by atoms with Crippen LogP contribution in [0.1, 0.15) is 5.69 Å². The summed E-state index contributed by atoms with van der Waals surface area (Å²) in [6.07, 6.45) is 1.52. The minimum atomic E-state index is -0.896. The number of nitrogens with one attached hydrogen (secondary N) is 1. The van der Waals surface area contributed by atoms with E-state index in [1.807, 2.05) is 12.1 Å². The van der Waals surface area contributed by atoms with E-state index in [1.54, 1.807) is 18.3 Å². The predicted octanol–water partition coefficient (Wildman–Crippen LogP) is 2.36. The average molecular weight is 237 g/mol. The lowest BCUT2D eigenvalue weighted by Gasteiger charge is -2.01. The first-order chi connectivity index (χ1) is 7.66. The molecule has 4 nitrogen and oxygen atoms in total. The zero-order valence-corrected chi connectivity index (χ0v) is 9.03. The molecule has 0 unspecified atom stereocenters. The number of aromatic nitrogens is 2. The summed E-state index contributed by atoms with van der Waals surface area (Å²) >= 11 is 5.87. The summed E-state index contributed by atoms with van der Waals surface area (Å²) < 4.78 is 0. The first-order valence-corrected chi connectivity index (χ1v) is 5.04. The second-order valence-corrected chi connectivity index (χ2v) is 3.78. The Morgan fingerprint density at radius 1 is 1.50 bits per heavy atom. The molecule has 2 aromatic rings. The molecule has 0 aliphatic carbocycles. The first kappa shape index (κ1) is 10.7. The Morgan fingerprint density at radius 2 is 2.31 bits per heavy atom. The monoisotopic (exact) mass is 236 g/mol. The molecular formula is C11H9ClN2O2. The number of rotatable bonds is 3. The lowest BCUT2D eigenvalue weighted by atomic mass is 10.1. The number of nitrogens with zero attached hydrogens (tertiary/aromatic N) is 1. The van der Waals surface area contributed by atoms with Crippen molar-refractivity contribution in [3.8, 4) is 11.1 Å². The van der Waals surface area contributed by atoms with Gasteiger partial charge in [0.2, 0.25) is 0 Å². The zero-order valence-electron chi connectivity index (χ0n) is 8.27. The highest BCUT2D eigenvalue weighted by atomic mass is 35.5. The zero-order chi connectivity index (χ0) is 11.5. The van der Waals surface area contributed by atoms with Crippen LogP contribution >= 0.6 is 11.6 Å². The van der Waals surface area contributed by atoms with Crippen LogP contribution < -0.4 is 0 Å². The van der Waals surface area contributed by atoms with E-state index >= 15 is 0 Å². The van der Waals surface area contributed by atoms with Gasteiger partial charge in [0.25, 0.3) is 0 Å². The van der Waals surface area contributed by atoms with E-state index < -0.39 is 5.97 Å². The quantitative estimate of drug-likeness (QED) is 0.860. The van der Waals surface area contributed by atoms with Crippen LogP contribution in [0.5, 0.6) is 0 Å². The molecule has 0 saturated carbocycles. The SMILES string of the molecule is O=C(O)Cc1[nH]ncc1-c1cccc(Cl)c1. The van der Waals surface area contributed by atoms with Crippen molar-refractivity contribution in [1.29, 1.82) is 0 Å². The van der Waals surface area contributed by atoms with Crippen molar-refractivity contribution in [2.75, 3.05) is 0 Å². The summed E-state index contributed by atoms with van der Waals surface area (Å²) in [5.41, 5.74) is 2.21. The van der Waals surface area contributed by atoms with Gasteiger partial charge in [-0.2, -0.15) is 5.10 Å². The van der Waals surface area contributed by atoms with E-state index in [9.17, 15) is 4.79 Å². The standard InChI is InChI=1S/C11H9ClN2O2/c12-8-3-1-2-7(4-8)9-6-13-14-10(9)5-11(15)16/h1-4,6H,5H2,(H,13,14)(H,15,16). The van der Waals surface area contributed by atoms with Crippen LogP contribution in [-0.4, -0.2) is 21.3 Å². The maximum atomic E-state index is 10.6. The van der Waals surface area contributed by atoms with Gasteiger partial charge in [0.1, 0.15) is 0 Å². The van der Waals surface area contributed by atoms with Gasteiger partial charge >= 0.3 is 5.97 Å². The molecule has 16 heavy (non-hydrogen) atoms. The molecule has 1 aromatic carbocycles. The largest absolute Gasteiger partial charge is 0.481 e. The lowest BCUT2D eigenvalue weighted by Crippen LogP contribution is -2.01. The maximum Gasteiger partial charge on any atom is 0.309 e. The van der Waals surface area contributed by atoms with Gasteiger partial charge in [-0.1, -0.05) is 23.7 Å². The number of carboxylic acid groups (broad SMARTS) is 1. The van der Waals surface area contributed by atoms with E-state index in [0.717, 1.165) is 11.1 Å². The fraction of sp³-hybridized carbons (Fsp3) is 0.0909. The number of halogens is 1. The highest BCUT2D eigenvalue weighted by Crippen LogP contribution is 2.24. The topological polar surface area (TPSA) is 66.0 Å². The summed E-state index contributed by atoms with van der Waals surface area (Å²) in [7, 11) is 0. The molecule has 0 bridgehead atoms. The Balaban J connectivity index is 2.40. The Bertz CT molecular complexity index is 522. The average Bonchev–Trinajstić information content (AvgIpc) is 2.65. The summed E-state index contributed by atoms with van der Waals surface area (Å²) in [6.45, 7) is 0. The molecule has 5 heteroatoms. The molecule has 82 valence electrons. The molecular weight excluding hydrogens is 228 g/mol. The summed E-state index contributed by atoms with van der Waals surface area (Å²) in [5.74, 6) is -0.896. The molecule has 0 atom stereocenters. The van der Waals surface area contributed by atoms with E-state index in [0.29, 0.717) is 10.7 Å². The second kappa shape index (κ2) is 4.37. The van der Waals surface area contributed by atoms with Crippen molar-refractivity contribution >= 4 is 17.6 Å². The molecule has 0 radical (unpaired) electrons. The van der Waals surface area contributed by atoms with Crippen molar-refractivity contribution < 1.29 is 9.90 Å². The summed E-state index contributed by atoms with van der Waals surface area (Å²) in [6, 6.07) is 7.22. The van der Waals surface area contributed by atoms with Gasteiger partial charge in [-0.15, -0.1) is 0 Å². The number of carboxylic acids is 1. The van der Waals surface area contributed by atoms with Crippen molar-refractivity contribution in [2.24, 2.45) is 0 Å². The third-order valence-corrected chi connectivity index (χ3v) is 2.42.